The van der Waals surface area contributed by atoms with Crippen LogP contribution in [0.1, 0.15) is 15.9 Å². The maximum atomic E-state index is 12.8. The summed E-state index contributed by atoms with van der Waals surface area (Å²) in [5.41, 5.74) is 2.10. The van der Waals surface area contributed by atoms with Crippen LogP contribution in [0.2, 0.25) is 0 Å². The summed E-state index contributed by atoms with van der Waals surface area (Å²) in [6, 6.07) is 21.9. The van der Waals surface area contributed by atoms with E-state index in [1.807, 2.05) is 30.3 Å². The van der Waals surface area contributed by atoms with Crippen molar-refractivity contribution in [3.05, 3.63) is 106 Å². The largest absolute Gasteiger partial charge is 0.322 e. The zero-order valence-electron chi connectivity index (χ0n) is 17.5. The third-order valence-electron chi connectivity index (χ3n) is 4.63. The normalized spacial score (nSPS) is 10.7. The van der Waals surface area contributed by atoms with E-state index in [0.717, 1.165) is 16.9 Å². The lowest BCUT2D eigenvalue weighted by molar-refractivity contribution is -0.384. The van der Waals surface area contributed by atoms with E-state index in [0.29, 0.717) is 16.3 Å². The average molecular weight is 471 g/mol. The highest BCUT2D eigenvalue weighted by Crippen LogP contribution is 2.28. The number of benzene rings is 3. The van der Waals surface area contributed by atoms with Crippen molar-refractivity contribution in [2.45, 2.75) is 0 Å². The molecule has 0 aliphatic carbocycles. The fraction of sp³-hybridized carbons (Fsp3) is 0. The second-order valence-corrected chi connectivity index (χ2v) is 7.93. The number of hydrogen-bond donors (Lipinski definition) is 2. The summed E-state index contributed by atoms with van der Waals surface area (Å²) in [4.78, 5) is 35.5. The molecule has 4 aromatic rings. The Hall–Kier alpha value is -4.70. The van der Waals surface area contributed by atoms with Gasteiger partial charge in [-0.25, -0.2) is 0 Å². The summed E-state index contributed by atoms with van der Waals surface area (Å²) in [7, 11) is 0. The number of nitrogens with one attached hydrogen (secondary N) is 2. The minimum atomic E-state index is -0.483. The standard InChI is InChI=1S/C24H17N5O4S/c30-21(15-10-16-6-2-1-3-7-16)25-20-9-5-4-8-19(20)22(31)26-24-28-27-23(34-24)17-11-13-18(14-12-17)29(32)33/h1-15H,(H,25,30)(H,26,28,31)/b15-10+. The number of nitro benzene ring substituents is 1. The average Bonchev–Trinajstić information content (AvgIpc) is 3.32. The van der Waals surface area contributed by atoms with Crippen molar-refractivity contribution < 1.29 is 14.5 Å². The zero-order chi connectivity index (χ0) is 23.9. The fourth-order valence-corrected chi connectivity index (χ4v) is 3.73. The minimum Gasteiger partial charge on any atom is -0.322 e. The molecule has 0 spiro atoms. The maximum Gasteiger partial charge on any atom is 0.269 e. The molecule has 0 bridgehead atoms. The van der Waals surface area contributed by atoms with Crippen LogP contribution in [0.25, 0.3) is 16.6 Å². The smallest absolute Gasteiger partial charge is 0.269 e. The monoisotopic (exact) mass is 471 g/mol. The van der Waals surface area contributed by atoms with E-state index in [9.17, 15) is 19.7 Å². The number of rotatable bonds is 7. The highest BCUT2D eigenvalue weighted by molar-refractivity contribution is 7.18. The first kappa shape index (κ1) is 22.5. The molecule has 2 N–H and O–H groups in total. The van der Waals surface area contributed by atoms with Crippen molar-refractivity contribution in [2.75, 3.05) is 10.6 Å². The molecule has 0 fully saturated rings. The Morgan fingerprint density at radius 1 is 0.882 bits per heavy atom. The van der Waals surface area contributed by atoms with E-state index in [2.05, 4.69) is 20.8 Å². The first-order chi connectivity index (χ1) is 16.5. The van der Waals surface area contributed by atoms with Crippen LogP contribution in [-0.2, 0) is 4.79 Å². The lowest BCUT2D eigenvalue weighted by Crippen LogP contribution is -2.16. The van der Waals surface area contributed by atoms with E-state index in [4.69, 9.17) is 0 Å². The Balaban J connectivity index is 1.44. The third kappa shape index (κ3) is 5.56. The molecule has 0 saturated heterocycles. The predicted molar refractivity (Wildman–Crippen MR) is 131 cm³/mol. The van der Waals surface area contributed by atoms with Gasteiger partial charge in [0.05, 0.1) is 16.2 Å². The fourth-order valence-electron chi connectivity index (χ4n) is 2.98. The molecule has 0 saturated carbocycles. The van der Waals surface area contributed by atoms with E-state index >= 15 is 0 Å². The number of aromatic nitrogens is 2. The highest BCUT2D eigenvalue weighted by atomic mass is 32.1. The van der Waals surface area contributed by atoms with Gasteiger partial charge in [0.25, 0.3) is 11.6 Å². The van der Waals surface area contributed by atoms with Gasteiger partial charge in [0.15, 0.2) is 0 Å². The molecule has 1 aromatic heterocycles. The molecule has 34 heavy (non-hydrogen) atoms. The van der Waals surface area contributed by atoms with Crippen molar-refractivity contribution in [3.63, 3.8) is 0 Å². The Labute approximate surface area is 197 Å². The number of carbonyl (C=O) groups excluding carboxylic acids is 2. The van der Waals surface area contributed by atoms with Gasteiger partial charge in [-0.1, -0.05) is 53.8 Å². The van der Waals surface area contributed by atoms with Crippen LogP contribution >= 0.6 is 11.3 Å². The molecule has 4 rings (SSSR count). The van der Waals surface area contributed by atoms with Gasteiger partial charge >= 0.3 is 0 Å². The first-order valence-electron chi connectivity index (χ1n) is 10.0. The number of non-ortho nitro benzene ring substituents is 1. The highest BCUT2D eigenvalue weighted by Gasteiger charge is 2.16. The summed E-state index contributed by atoms with van der Waals surface area (Å²) < 4.78 is 0. The van der Waals surface area contributed by atoms with Crippen molar-refractivity contribution in [3.8, 4) is 10.6 Å². The number of carbonyl (C=O) groups is 2. The van der Waals surface area contributed by atoms with Crippen LogP contribution in [0.4, 0.5) is 16.5 Å². The summed E-state index contributed by atoms with van der Waals surface area (Å²) in [6.45, 7) is 0. The Morgan fingerprint density at radius 3 is 2.32 bits per heavy atom. The first-order valence-corrected chi connectivity index (χ1v) is 10.8. The van der Waals surface area contributed by atoms with E-state index in [1.165, 1.54) is 18.2 Å². The number of nitro groups is 1. The third-order valence-corrected chi connectivity index (χ3v) is 5.51. The van der Waals surface area contributed by atoms with Crippen molar-refractivity contribution in [1.82, 2.24) is 10.2 Å². The van der Waals surface area contributed by atoms with Crippen LogP contribution in [0.15, 0.2) is 84.9 Å². The van der Waals surface area contributed by atoms with Crippen LogP contribution in [0, 0.1) is 10.1 Å². The molecule has 2 amide bonds. The van der Waals surface area contributed by atoms with Crippen LogP contribution in [0.5, 0.6) is 0 Å². The van der Waals surface area contributed by atoms with Gasteiger partial charge in [-0.3, -0.25) is 25.0 Å². The molecule has 0 unspecified atom stereocenters. The van der Waals surface area contributed by atoms with Gasteiger partial charge in [0.1, 0.15) is 5.01 Å². The molecule has 0 aliphatic heterocycles. The van der Waals surface area contributed by atoms with Crippen molar-refractivity contribution >= 4 is 45.7 Å². The summed E-state index contributed by atoms with van der Waals surface area (Å²) in [6.07, 6.45) is 3.07. The zero-order valence-corrected chi connectivity index (χ0v) is 18.4. The van der Waals surface area contributed by atoms with Gasteiger partial charge in [0.2, 0.25) is 11.0 Å². The molecule has 1 heterocycles. The quantitative estimate of drug-likeness (QED) is 0.221. The summed E-state index contributed by atoms with van der Waals surface area (Å²) >= 11 is 1.13. The summed E-state index contributed by atoms with van der Waals surface area (Å²) in [5, 5.41) is 25.0. The molecule has 9 nitrogen and oxygen atoms in total. The Bertz CT molecular complexity index is 1370. The Kier molecular flexibility index (Phi) is 6.80. The molecule has 0 radical (unpaired) electrons. The molecular formula is C24H17N5O4S. The van der Waals surface area contributed by atoms with Gasteiger partial charge in [0, 0.05) is 23.8 Å². The van der Waals surface area contributed by atoms with Gasteiger partial charge in [-0.2, -0.15) is 0 Å². The SMILES string of the molecule is O=C(/C=C/c1ccccc1)Nc1ccccc1C(=O)Nc1nnc(-c2ccc([N+](=O)[O-])cc2)s1. The van der Waals surface area contributed by atoms with E-state index in [-0.39, 0.29) is 22.3 Å². The molecular weight excluding hydrogens is 454 g/mol. The molecule has 10 heteroatoms. The van der Waals surface area contributed by atoms with Crippen molar-refractivity contribution in [2.24, 2.45) is 0 Å². The number of hydrogen-bond acceptors (Lipinski definition) is 7. The molecule has 0 atom stereocenters. The van der Waals surface area contributed by atoms with E-state index in [1.54, 1.807) is 42.5 Å². The minimum absolute atomic E-state index is 0.0286. The number of nitrogens with zero attached hydrogens (tertiary/aromatic N) is 3. The number of amides is 2. The lowest BCUT2D eigenvalue weighted by Gasteiger charge is -2.09. The van der Waals surface area contributed by atoms with Crippen molar-refractivity contribution in [1.29, 1.82) is 0 Å². The molecule has 3 aromatic carbocycles. The van der Waals surface area contributed by atoms with Gasteiger partial charge in [-0.05, 0) is 35.9 Å². The van der Waals surface area contributed by atoms with Crippen LogP contribution in [-0.4, -0.2) is 26.9 Å². The lowest BCUT2D eigenvalue weighted by atomic mass is 10.1. The summed E-state index contributed by atoms with van der Waals surface area (Å²) in [5.74, 6) is -0.838. The van der Waals surface area contributed by atoms with Gasteiger partial charge in [-0.15, -0.1) is 10.2 Å². The molecule has 168 valence electrons. The predicted octanol–water partition coefficient (Wildman–Crippen LogP) is 5.02. The van der Waals surface area contributed by atoms with Crippen LogP contribution < -0.4 is 10.6 Å². The van der Waals surface area contributed by atoms with Gasteiger partial charge < -0.3 is 5.32 Å². The second kappa shape index (κ2) is 10.3. The van der Waals surface area contributed by atoms with Crippen LogP contribution in [0.3, 0.4) is 0 Å². The number of anilines is 2. The Morgan fingerprint density at radius 2 is 1.59 bits per heavy atom. The molecule has 0 aliphatic rings. The van der Waals surface area contributed by atoms with E-state index < -0.39 is 10.8 Å². The number of para-hydroxylation sites is 1. The topological polar surface area (TPSA) is 127 Å². The second-order valence-electron chi connectivity index (χ2n) is 6.95. The maximum absolute atomic E-state index is 12.8.